The first kappa shape index (κ1) is 22.7. The summed E-state index contributed by atoms with van der Waals surface area (Å²) >= 11 is 0. The van der Waals surface area contributed by atoms with Crippen molar-refractivity contribution in [3.8, 4) is 0 Å². The highest BCUT2D eigenvalue weighted by Crippen LogP contribution is 2.14. The smallest absolute Gasteiger partial charge is 0.330 e. The predicted molar refractivity (Wildman–Crippen MR) is 98.0 cm³/mol. The number of carbonyl (C=O) groups is 2. The Labute approximate surface area is 147 Å². The number of rotatable bonds is 16. The van der Waals surface area contributed by atoms with E-state index in [1.165, 1.54) is 25.7 Å². The lowest BCUT2D eigenvalue weighted by atomic mass is 10.1. The van der Waals surface area contributed by atoms with E-state index in [0.717, 1.165) is 44.9 Å². The van der Waals surface area contributed by atoms with Crippen molar-refractivity contribution in [3.63, 3.8) is 0 Å². The first-order chi connectivity index (χ1) is 11.6. The Morgan fingerprint density at radius 1 is 0.917 bits per heavy atom. The summed E-state index contributed by atoms with van der Waals surface area (Å²) in [6.45, 7) is 4.31. The molecule has 0 aromatic carbocycles. The van der Waals surface area contributed by atoms with E-state index < -0.39 is 5.97 Å². The normalized spacial score (nSPS) is 12.4. The molecule has 0 aliphatic heterocycles. The van der Waals surface area contributed by atoms with E-state index in [2.05, 4.69) is 13.8 Å². The second-order valence-corrected chi connectivity index (χ2v) is 6.45. The van der Waals surface area contributed by atoms with E-state index in [1.807, 2.05) is 6.08 Å². The fourth-order valence-electron chi connectivity index (χ4n) is 2.59. The molecule has 140 valence electrons. The molecule has 0 radical (unpaired) electrons. The van der Waals surface area contributed by atoms with Crippen LogP contribution in [0.25, 0.3) is 0 Å². The summed E-state index contributed by atoms with van der Waals surface area (Å²) in [5, 5.41) is 8.66. The molecule has 4 heteroatoms. The first-order valence-electron chi connectivity index (χ1n) is 9.69. The monoisotopic (exact) mass is 340 g/mol. The molecule has 1 atom stereocenters. The molecule has 1 unspecified atom stereocenters. The maximum Gasteiger partial charge on any atom is 0.330 e. The lowest BCUT2D eigenvalue weighted by Crippen LogP contribution is -2.17. The van der Waals surface area contributed by atoms with Gasteiger partial charge in [-0.2, -0.15) is 0 Å². The Bertz CT molecular complexity index is 350. The van der Waals surface area contributed by atoms with Crippen LogP contribution in [0.15, 0.2) is 12.2 Å². The van der Waals surface area contributed by atoms with E-state index in [0.29, 0.717) is 6.42 Å². The third-order valence-corrected chi connectivity index (χ3v) is 4.06. The van der Waals surface area contributed by atoms with Crippen LogP contribution in [-0.2, 0) is 14.3 Å². The Balaban J connectivity index is 3.97. The van der Waals surface area contributed by atoms with Crippen LogP contribution in [0.4, 0.5) is 0 Å². The highest BCUT2D eigenvalue weighted by atomic mass is 16.5. The Hall–Kier alpha value is -1.32. The van der Waals surface area contributed by atoms with Gasteiger partial charge >= 0.3 is 11.9 Å². The molecular weight excluding hydrogens is 304 g/mol. The third-order valence-electron chi connectivity index (χ3n) is 4.06. The van der Waals surface area contributed by atoms with E-state index in [9.17, 15) is 9.59 Å². The second kappa shape index (κ2) is 16.5. The van der Waals surface area contributed by atoms with Gasteiger partial charge in [-0.15, -0.1) is 0 Å². The van der Waals surface area contributed by atoms with Crippen molar-refractivity contribution < 1.29 is 19.4 Å². The molecule has 0 spiro atoms. The van der Waals surface area contributed by atoms with Crippen LogP contribution >= 0.6 is 0 Å². The maximum atomic E-state index is 11.9. The summed E-state index contributed by atoms with van der Waals surface area (Å²) in [4.78, 5) is 22.4. The number of aliphatic carboxylic acids is 1. The van der Waals surface area contributed by atoms with Crippen molar-refractivity contribution in [1.82, 2.24) is 0 Å². The van der Waals surface area contributed by atoms with Crippen molar-refractivity contribution >= 4 is 11.9 Å². The highest BCUT2D eigenvalue weighted by molar-refractivity contribution is 5.82. The lowest BCUT2D eigenvalue weighted by Gasteiger charge is -2.16. The number of allylic oxidation sites excluding steroid dienone is 1. The van der Waals surface area contributed by atoms with E-state index in [1.54, 1.807) is 6.08 Å². The van der Waals surface area contributed by atoms with E-state index in [4.69, 9.17) is 9.84 Å². The first-order valence-corrected chi connectivity index (χ1v) is 9.69. The average Bonchev–Trinajstić information content (AvgIpc) is 2.55. The molecule has 0 aliphatic carbocycles. The fraction of sp³-hybridized carbons (Fsp3) is 0.800. The summed E-state index contributed by atoms with van der Waals surface area (Å²) in [6.07, 6.45) is 15.8. The number of carboxylic acids is 1. The maximum absolute atomic E-state index is 11.9. The Morgan fingerprint density at radius 3 is 2.25 bits per heavy atom. The lowest BCUT2D eigenvalue weighted by molar-refractivity contribution is -0.144. The molecule has 0 bridgehead atoms. The number of esters is 1. The molecule has 0 fully saturated rings. The number of carbonyl (C=O) groups excluding carboxylic acids is 1. The van der Waals surface area contributed by atoms with Crippen LogP contribution in [0, 0.1) is 0 Å². The van der Waals surface area contributed by atoms with Crippen LogP contribution < -0.4 is 0 Å². The average molecular weight is 341 g/mol. The summed E-state index contributed by atoms with van der Waals surface area (Å²) in [5.74, 6) is -1.03. The SMILES string of the molecule is CCCCCCC/C=C/C(=O)OC(CCCC)CCCCC(=O)O. The van der Waals surface area contributed by atoms with Crippen LogP contribution in [0.3, 0.4) is 0 Å². The van der Waals surface area contributed by atoms with Gasteiger partial charge in [-0.05, 0) is 38.5 Å². The van der Waals surface area contributed by atoms with Crippen LogP contribution in [0.5, 0.6) is 0 Å². The summed E-state index contributed by atoms with van der Waals surface area (Å²) in [6, 6.07) is 0. The van der Waals surface area contributed by atoms with Crippen molar-refractivity contribution in [2.24, 2.45) is 0 Å². The molecule has 4 nitrogen and oxygen atoms in total. The zero-order chi connectivity index (χ0) is 18.0. The summed E-state index contributed by atoms with van der Waals surface area (Å²) < 4.78 is 5.53. The molecule has 1 N–H and O–H groups in total. The van der Waals surface area contributed by atoms with Gasteiger partial charge in [0.2, 0.25) is 0 Å². The fourth-order valence-corrected chi connectivity index (χ4v) is 2.59. The van der Waals surface area contributed by atoms with Crippen molar-refractivity contribution in [2.75, 3.05) is 0 Å². The second-order valence-electron chi connectivity index (χ2n) is 6.45. The molecule has 24 heavy (non-hydrogen) atoms. The molecular formula is C20H36O4. The predicted octanol–water partition coefficient (Wildman–Crippen LogP) is 5.65. The molecule has 0 heterocycles. The third kappa shape index (κ3) is 15.6. The molecule has 0 aromatic rings. The van der Waals surface area contributed by atoms with Gasteiger partial charge in [0.15, 0.2) is 0 Å². The van der Waals surface area contributed by atoms with Gasteiger partial charge < -0.3 is 9.84 Å². The van der Waals surface area contributed by atoms with Gasteiger partial charge in [-0.1, -0.05) is 58.4 Å². The highest BCUT2D eigenvalue weighted by Gasteiger charge is 2.12. The van der Waals surface area contributed by atoms with Crippen molar-refractivity contribution in [1.29, 1.82) is 0 Å². The van der Waals surface area contributed by atoms with Crippen molar-refractivity contribution in [3.05, 3.63) is 12.2 Å². The molecule has 0 rings (SSSR count). The van der Waals surface area contributed by atoms with Gasteiger partial charge in [0.05, 0.1) is 0 Å². The van der Waals surface area contributed by atoms with Crippen LogP contribution in [-0.4, -0.2) is 23.1 Å². The quantitative estimate of drug-likeness (QED) is 0.224. The van der Waals surface area contributed by atoms with E-state index >= 15 is 0 Å². The minimum absolute atomic E-state index is 0.0829. The Morgan fingerprint density at radius 2 is 1.58 bits per heavy atom. The largest absolute Gasteiger partial charge is 0.481 e. The standard InChI is InChI=1S/C20H36O4/c1-3-5-7-8-9-10-11-17-20(23)24-18(14-6-4-2)15-12-13-16-19(21)22/h11,17-18H,3-10,12-16H2,1-2H3,(H,21,22)/b17-11+. The van der Waals surface area contributed by atoms with Gasteiger partial charge in [-0.25, -0.2) is 4.79 Å². The van der Waals surface area contributed by atoms with Crippen LogP contribution in [0.1, 0.15) is 97.3 Å². The van der Waals surface area contributed by atoms with Gasteiger partial charge in [0, 0.05) is 12.5 Å². The van der Waals surface area contributed by atoms with Gasteiger partial charge in [0.1, 0.15) is 6.10 Å². The zero-order valence-corrected chi connectivity index (χ0v) is 15.6. The topological polar surface area (TPSA) is 63.6 Å². The number of hydrogen-bond acceptors (Lipinski definition) is 3. The summed E-state index contributed by atoms with van der Waals surface area (Å²) in [7, 11) is 0. The minimum Gasteiger partial charge on any atom is -0.481 e. The molecule has 0 aliphatic rings. The molecule has 0 amide bonds. The molecule has 0 saturated carbocycles. The summed E-state index contributed by atoms with van der Waals surface area (Å²) in [5.41, 5.74) is 0. The number of unbranched alkanes of at least 4 members (excludes halogenated alkanes) is 7. The number of carboxylic acid groups (broad SMARTS) is 1. The van der Waals surface area contributed by atoms with Gasteiger partial charge in [-0.3, -0.25) is 4.79 Å². The zero-order valence-electron chi connectivity index (χ0n) is 15.6. The number of hydrogen-bond donors (Lipinski definition) is 1. The minimum atomic E-state index is -0.765. The Kier molecular flexibility index (Phi) is 15.6. The molecule has 0 saturated heterocycles. The van der Waals surface area contributed by atoms with Gasteiger partial charge in [0.25, 0.3) is 0 Å². The molecule has 0 aromatic heterocycles. The van der Waals surface area contributed by atoms with E-state index in [-0.39, 0.29) is 18.5 Å². The van der Waals surface area contributed by atoms with Crippen LogP contribution in [0.2, 0.25) is 0 Å². The van der Waals surface area contributed by atoms with Crippen molar-refractivity contribution in [2.45, 2.75) is 103 Å². The number of ether oxygens (including phenoxy) is 1.